The summed E-state index contributed by atoms with van der Waals surface area (Å²) in [5.41, 5.74) is 1.93. The normalized spacial score (nSPS) is 15.9. The topological polar surface area (TPSA) is 62.3 Å². The van der Waals surface area contributed by atoms with Gasteiger partial charge >= 0.3 is 6.09 Å². The van der Waals surface area contributed by atoms with Gasteiger partial charge in [-0.1, -0.05) is 46.9 Å². The van der Waals surface area contributed by atoms with Gasteiger partial charge in [0.25, 0.3) is 5.91 Å². The number of halogens is 2. The molecule has 0 spiro atoms. The number of alkyl halides is 1. The van der Waals surface area contributed by atoms with Crippen LogP contribution in [0.2, 0.25) is 0 Å². The number of para-hydroxylation sites is 1. The van der Waals surface area contributed by atoms with Gasteiger partial charge in [0.1, 0.15) is 11.4 Å². The van der Waals surface area contributed by atoms with Gasteiger partial charge < -0.3 is 19.3 Å². The number of carbonyl (C=O) groups excluding carboxylic acids is 2. The van der Waals surface area contributed by atoms with E-state index >= 15 is 0 Å². The summed E-state index contributed by atoms with van der Waals surface area (Å²) >= 11 is 2.23. The summed E-state index contributed by atoms with van der Waals surface area (Å²) in [6.07, 6.45) is -0.252. The van der Waals surface area contributed by atoms with Gasteiger partial charge in [-0.05, 0) is 74.9 Å². The van der Waals surface area contributed by atoms with Gasteiger partial charge in [0, 0.05) is 54.9 Å². The van der Waals surface area contributed by atoms with E-state index in [4.69, 9.17) is 9.47 Å². The molecule has 212 valence electrons. The van der Waals surface area contributed by atoms with Crippen molar-refractivity contribution in [3.05, 3.63) is 89.7 Å². The summed E-state index contributed by atoms with van der Waals surface area (Å²) in [6, 6.07) is 20.8. The maximum Gasteiger partial charge on any atom is 0.410 e. The Kier molecular flexibility index (Phi) is 9.68. The average molecular weight is 660 g/mol. The highest BCUT2D eigenvalue weighted by molar-refractivity contribution is 14.1. The van der Waals surface area contributed by atoms with E-state index in [9.17, 15) is 14.0 Å². The van der Waals surface area contributed by atoms with Crippen LogP contribution in [0.25, 0.3) is 0 Å². The molecule has 3 aromatic carbocycles. The standard InChI is InChI=1S/C31H35FIN3O4/c1-22-19-35(17-18-36(22)30(38)40-31(2,3)21-33)20-23-9-13-25(14-10-23)34(4)29(37)24-11-15-26(16-12-24)39-28-8-6-5-7-27(28)32/h5-16,22H,17-21H2,1-4H3/t22-/m0/s1. The third-order valence-electron chi connectivity index (χ3n) is 6.83. The van der Waals surface area contributed by atoms with E-state index in [2.05, 4.69) is 27.5 Å². The number of hydrogen-bond donors (Lipinski definition) is 0. The SMILES string of the molecule is C[C@H]1CN(Cc2ccc(N(C)C(=O)c3ccc(Oc4ccccc4F)cc3)cc2)CCN1C(=O)OC(C)(C)CI. The molecule has 3 aromatic rings. The summed E-state index contributed by atoms with van der Waals surface area (Å²) in [6.45, 7) is 8.80. The minimum absolute atomic E-state index is 0.0535. The monoisotopic (exact) mass is 659 g/mol. The Morgan fingerprint density at radius 2 is 1.70 bits per heavy atom. The highest BCUT2D eigenvalue weighted by atomic mass is 127. The number of piperazine rings is 1. The molecule has 9 heteroatoms. The lowest BCUT2D eigenvalue weighted by atomic mass is 10.1. The summed E-state index contributed by atoms with van der Waals surface area (Å²) < 4.78 is 25.8. The maximum absolute atomic E-state index is 13.9. The van der Waals surface area contributed by atoms with E-state index in [1.54, 1.807) is 54.4 Å². The van der Waals surface area contributed by atoms with E-state index in [1.807, 2.05) is 49.9 Å². The first-order chi connectivity index (χ1) is 19.1. The molecular formula is C31H35FIN3O4. The smallest absolute Gasteiger partial charge is 0.410 e. The molecule has 40 heavy (non-hydrogen) atoms. The zero-order valence-corrected chi connectivity index (χ0v) is 25.4. The van der Waals surface area contributed by atoms with Crippen LogP contribution < -0.4 is 9.64 Å². The number of amides is 2. The zero-order valence-electron chi connectivity index (χ0n) is 23.3. The van der Waals surface area contributed by atoms with Crippen molar-refractivity contribution < 1.29 is 23.5 Å². The Morgan fingerprint density at radius 3 is 2.33 bits per heavy atom. The molecule has 1 heterocycles. The van der Waals surface area contributed by atoms with E-state index in [-0.39, 0.29) is 23.8 Å². The third kappa shape index (κ3) is 7.51. The van der Waals surface area contributed by atoms with Crippen molar-refractivity contribution in [1.29, 1.82) is 0 Å². The van der Waals surface area contributed by atoms with Gasteiger partial charge in [-0.3, -0.25) is 9.69 Å². The molecule has 0 N–H and O–H groups in total. The molecule has 1 saturated heterocycles. The number of anilines is 1. The highest BCUT2D eigenvalue weighted by Crippen LogP contribution is 2.25. The summed E-state index contributed by atoms with van der Waals surface area (Å²) in [5, 5.41) is 0. The fourth-order valence-corrected chi connectivity index (χ4v) is 4.64. The van der Waals surface area contributed by atoms with Crippen LogP contribution in [-0.2, 0) is 11.3 Å². The second-order valence-corrected chi connectivity index (χ2v) is 11.4. The van der Waals surface area contributed by atoms with Gasteiger partial charge in [-0.15, -0.1) is 0 Å². The predicted molar refractivity (Wildman–Crippen MR) is 163 cm³/mol. The minimum Gasteiger partial charge on any atom is -0.454 e. The van der Waals surface area contributed by atoms with Gasteiger partial charge in [0.2, 0.25) is 0 Å². The minimum atomic E-state index is -0.480. The van der Waals surface area contributed by atoms with E-state index in [1.165, 1.54) is 6.07 Å². The van der Waals surface area contributed by atoms with Crippen molar-refractivity contribution in [2.75, 3.05) is 36.0 Å². The fraction of sp³-hybridized carbons (Fsp3) is 0.355. The summed E-state index contributed by atoms with van der Waals surface area (Å²) in [4.78, 5) is 31.4. The Bertz CT molecular complexity index is 1320. The Hall–Kier alpha value is -3.18. The Labute approximate surface area is 249 Å². The Balaban J connectivity index is 1.31. The molecule has 1 aliphatic heterocycles. The van der Waals surface area contributed by atoms with Crippen LogP contribution in [0, 0.1) is 5.82 Å². The van der Waals surface area contributed by atoms with Gasteiger partial charge in [-0.2, -0.15) is 0 Å². The molecule has 7 nitrogen and oxygen atoms in total. The first kappa shape index (κ1) is 29.8. The van der Waals surface area contributed by atoms with E-state index in [0.717, 1.165) is 35.3 Å². The quantitative estimate of drug-likeness (QED) is 0.198. The highest BCUT2D eigenvalue weighted by Gasteiger charge is 2.32. The first-order valence-electron chi connectivity index (χ1n) is 13.2. The van der Waals surface area contributed by atoms with Crippen molar-refractivity contribution in [2.45, 2.75) is 39.0 Å². The summed E-state index contributed by atoms with van der Waals surface area (Å²) in [7, 11) is 1.74. The fourth-order valence-electron chi connectivity index (χ4n) is 4.48. The van der Waals surface area contributed by atoms with Crippen LogP contribution in [0.4, 0.5) is 14.9 Å². The predicted octanol–water partition coefficient (Wildman–Crippen LogP) is 6.75. The Morgan fingerprint density at radius 1 is 1.02 bits per heavy atom. The summed E-state index contributed by atoms with van der Waals surface area (Å²) in [5.74, 6) is -0.0232. The van der Waals surface area contributed by atoms with E-state index in [0.29, 0.717) is 17.9 Å². The van der Waals surface area contributed by atoms with Gasteiger partial charge in [0.05, 0.1) is 0 Å². The molecule has 1 aliphatic rings. The molecule has 0 aliphatic carbocycles. The van der Waals surface area contributed by atoms with Crippen molar-refractivity contribution in [3.8, 4) is 11.5 Å². The zero-order chi connectivity index (χ0) is 28.9. The van der Waals surface area contributed by atoms with Crippen LogP contribution >= 0.6 is 22.6 Å². The lowest BCUT2D eigenvalue weighted by Crippen LogP contribution is -2.54. The van der Waals surface area contributed by atoms with Crippen molar-refractivity contribution >= 4 is 40.3 Å². The average Bonchev–Trinajstić information content (AvgIpc) is 2.94. The van der Waals surface area contributed by atoms with Crippen LogP contribution in [0.5, 0.6) is 11.5 Å². The van der Waals surface area contributed by atoms with Crippen LogP contribution in [-0.4, -0.2) is 64.6 Å². The van der Waals surface area contributed by atoms with Crippen LogP contribution in [0.3, 0.4) is 0 Å². The molecule has 0 radical (unpaired) electrons. The maximum atomic E-state index is 13.9. The molecule has 2 amide bonds. The molecule has 0 bridgehead atoms. The lowest BCUT2D eigenvalue weighted by Gasteiger charge is -2.40. The third-order valence-corrected chi connectivity index (χ3v) is 8.67. The lowest BCUT2D eigenvalue weighted by molar-refractivity contribution is 0.00373. The number of rotatable bonds is 8. The largest absolute Gasteiger partial charge is 0.454 e. The van der Waals surface area contributed by atoms with Gasteiger partial charge in [-0.25, -0.2) is 9.18 Å². The van der Waals surface area contributed by atoms with Crippen molar-refractivity contribution in [3.63, 3.8) is 0 Å². The number of hydrogen-bond acceptors (Lipinski definition) is 5. The second-order valence-electron chi connectivity index (χ2n) is 10.6. The second kappa shape index (κ2) is 13.0. The molecule has 1 fully saturated rings. The number of carbonyl (C=O) groups is 2. The van der Waals surface area contributed by atoms with Gasteiger partial charge in [0.15, 0.2) is 11.6 Å². The number of ether oxygens (including phenoxy) is 2. The number of benzene rings is 3. The first-order valence-corrected chi connectivity index (χ1v) is 14.8. The molecular weight excluding hydrogens is 624 g/mol. The molecule has 4 rings (SSSR count). The van der Waals surface area contributed by atoms with Crippen LogP contribution in [0.15, 0.2) is 72.8 Å². The number of nitrogens with zero attached hydrogens (tertiary/aromatic N) is 3. The molecule has 0 unspecified atom stereocenters. The molecule has 0 aromatic heterocycles. The van der Waals surface area contributed by atoms with E-state index < -0.39 is 11.4 Å². The molecule has 0 saturated carbocycles. The molecule has 1 atom stereocenters. The van der Waals surface area contributed by atoms with Crippen molar-refractivity contribution in [2.24, 2.45) is 0 Å². The van der Waals surface area contributed by atoms with Crippen LogP contribution in [0.1, 0.15) is 36.7 Å². The van der Waals surface area contributed by atoms with Crippen molar-refractivity contribution in [1.82, 2.24) is 9.80 Å².